The molecule has 0 unspecified atom stereocenters. The first kappa shape index (κ1) is 15.0. The lowest BCUT2D eigenvalue weighted by Gasteiger charge is -2.09. The minimum absolute atomic E-state index is 0.0300. The number of aryl methyl sites for hydroxylation is 1. The third-order valence-electron chi connectivity index (χ3n) is 2.83. The largest absolute Gasteiger partial charge is 0.241 e. The van der Waals surface area contributed by atoms with Gasteiger partial charge in [0.1, 0.15) is 5.82 Å². The van der Waals surface area contributed by atoms with Crippen LogP contribution in [-0.4, -0.2) is 8.42 Å². The molecule has 0 fully saturated rings. The first-order valence-electron chi connectivity index (χ1n) is 5.89. The first-order chi connectivity index (χ1) is 9.40. The highest BCUT2D eigenvalue weighted by Crippen LogP contribution is 2.17. The Bertz CT molecular complexity index is 732. The molecule has 0 heterocycles. The lowest BCUT2D eigenvalue weighted by atomic mass is 10.2. The standard InChI is InChI=1S/C14H13ClFNO2S/c1-10-4-2-3-5-14(10)20(18,19)17-9-11-6-7-13(16)12(15)8-11/h2-8,17H,9H2,1H3. The van der Waals surface area contributed by atoms with Crippen molar-refractivity contribution in [3.8, 4) is 0 Å². The molecule has 0 aliphatic carbocycles. The lowest BCUT2D eigenvalue weighted by molar-refractivity contribution is 0.580. The highest BCUT2D eigenvalue weighted by Gasteiger charge is 2.15. The van der Waals surface area contributed by atoms with E-state index in [1.807, 2.05) is 0 Å². The van der Waals surface area contributed by atoms with Gasteiger partial charge < -0.3 is 0 Å². The van der Waals surface area contributed by atoms with Gasteiger partial charge in [-0.25, -0.2) is 17.5 Å². The molecule has 0 aliphatic heterocycles. The Hall–Kier alpha value is -1.43. The number of rotatable bonds is 4. The number of hydrogen-bond donors (Lipinski definition) is 1. The summed E-state index contributed by atoms with van der Waals surface area (Å²) in [5, 5.41) is -0.0300. The van der Waals surface area contributed by atoms with Gasteiger partial charge in [-0.1, -0.05) is 35.9 Å². The third-order valence-corrected chi connectivity index (χ3v) is 4.68. The Labute approximate surface area is 122 Å². The maximum atomic E-state index is 13.0. The Morgan fingerprint density at radius 2 is 1.90 bits per heavy atom. The molecule has 3 nitrogen and oxygen atoms in total. The molecule has 106 valence electrons. The normalized spacial score (nSPS) is 11.6. The van der Waals surface area contributed by atoms with E-state index in [1.54, 1.807) is 25.1 Å². The number of benzene rings is 2. The zero-order valence-corrected chi connectivity index (χ0v) is 12.3. The van der Waals surface area contributed by atoms with Crippen molar-refractivity contribution in [2.45, 2.75) is 18.4 Å². The van der Waals surface area contributed by atoms with Crippen molar-refractivity contribution in [3.63, 3.8) is 0 Å². The number of hydrogen-bond acceptors (Lipinski definition) is 2. The summed E-state index contributed by atoms with van der Waals surface area (Å²) in [7, 11) is -3.60. The predicted molar refractivity (Wildman–Crippen MR) is 76.6 cm³/mol. The van der Waals surface area contributed by atoms with Crippen LogP contribution in [-0.2, 0) is 16.6 Å². The van der Waals surface area contributed by atoms with E-state index in [4.69, 9.17) is 11.6 Å². The monoisotopic (exact) mass is 313 g/mol. The summed E-state index contributed by atoms with van der Waals surface area (Å²) in [6.45, 7) is 1.78. The predicted octanol–water partition coefficient (Wildman–Crippen LogP) is 3.27. The minimum Gasteiger partial charge on any atom is -0.207 e. The topological polar surface area (TPSA) is 46.2 Å². The average Bonchev–Trinajstić information content (AvgIpc) is 2.40. The fourth-order valence-corrected chi connectivity index (χ4v) is 3.23. The van der Waals surface area contributed by atoms with Crippen LogP contribution < -0.4 is 4.72 Å². The second-order valence-electron chi connectivity index (χ2n) is 4.34. The Balaban J connectivity index is 2.17. The van der Waals surface area contributed by atoms with Crippen molar-refractivity contribution in [2.24, 2.45) is 0 Å². The second kappa shape index (κ2) is 5.91. The van der Waals surface area contributed by atoms with Crippen LogP contribution in [0.1, 0.15) is 11.1 Å². The van der Waals surface area contributed by atoms with Gasteiger partial charge in [0, 0.05) is 6.54 Å². The van der Waals surface area contributed by atoms with Gasteiger partial charge in [0.2, 0.25) is 10.0 Å². The number of halogens is 2. The van der Waals surface area contributed by atoms with Gasteiger partial charge in [-0.3, -0.25) is 0 Å². The van der Waals surface area contributed by atoms with E-state index in [9.17, 15) is 12.8 Å². The van der Waals surface area contributed by atoms with Crippen LogP contribution in [0, 0.1) is 12.7 Å². The summed E-state index contributed by atoms with van der Waals surface area (Å²) in [4.78, 5) is 0.230. The zero-order chi connectivity index (χ0) is 14.8. The van der Waals surface area contributed by atoms with Crippen LogP contribution in [0.5, 0.6) is 0 Å². The Morgan fingerprint density at radius 3 is 2.55 bits per heavy atom. The molecule has 2 aromatic rings. The van der Waals surface area contributed by atoms with Crippen LogP contribution >= 0.6 is 11.6 Å². The van der Waals surface area contributed by atoms with E-state index in [1.165, 1.54) is 24.3 Å². The summed E-state index contributed by atoms with van der Waals surface area (Å²) in [5.41, 5.74) is 1.26. The molecule has 20 heavy (non-hydrogen) atoms. The summed E-state index contributed by atoms with van der Waals surface area (Å²) in [6.07, 6.45) is 0. The molecule has 0 bridgehead atoms. The first-order valence-corrected chi connectivity index (χ1v) is 7.75. The summed E-state index contributed by atoms with van der Waals surface area (Å²) in [6, 6.07) is 10.8. The SMILES string of the molecule is Cc1ccccc1S(=O)(=O)NCc1ccc(F)c(Cl)c1. The zero-order valence-electron chi connectivity index (χ0n) is 10.7. The van der Waals surface area contributed by atoms with Crippen LogP contribution in [0.3, 0.4) is 0 Å². The molecule has 0 saturated heterocycles. The van der Waals surface area contributed by atoms with Crippen molar-refractivity contribution in [2.75, 3.05) is 0 Å². The van der Waals surface area contributed by atoms with Gasteiger partial charge in [-0.05, 0) is 36.2 Å². The van der Waals surface area contributed by atoms with Gasteiger partial charge in [-0.15, -0.1) is 0 Å². The van der Waals surface area contributed by atoms with E-state index < -0.39 is 15.8 Å². The van der Waals surface area contributed by atoms with Gasteiger partial charge in [0.25, 0.3) is 0 Å². The third kappa shape index (κ3) is 3.36. The van der Waals surface area contributed by atoms with E-state index in [-0.39, 0.29) is 16.5 Å². The molecule has 2 rings (SSSR count). The van der Waals surface area contributed by atoms with Crippen LogP contribution in [0.4, 0.5) is 4.39 Å². The highest BCUT2D eigenvalue weighted by atomic mass is 35.5. The molecule has 0 aromatic heterocycles. The summed E-state index contributed by atoms with van der Waals surface area (Å²) in [5.74, 6) is -0.530. The van der Waals surface area contributed by atoms with Crippen LogP contribution in [0.2, 0.25) is 5.02 Å². The molecule has 0 amide bonds. The summed E-state index contributed by atoms with van der Waals surface area (Å²) >= 11 is 5.65. The number of nitrogens with one attached hydrogen (secondary N) is 1. The smallest absolute Gasteiger partial charge is 0.207 e. The Morgan fingerprint density at radius 1 is 1.20 bits per heavy atom. The van der Waals surface area contributed by atoms with E-state index in [0.717, 1.165) is 0 Å². The van der Waals surface area contributed by atoms with Crippen molar-refractivity contribution in [1.29, 1.82) is 0 Å². The molecule has 0 atom stereocenters. The molecule has 0 radical (unpaired) electrons. The average molecular weight is 314 g/mol. The molecule has 0 aliphatic rings. The molecule has 6 heteroatoms. The Kier molecular flexibility index (Phi) is 4.42. The van der Waals surface area contributed by atoms with Crippen molar-refractivity contribution in [1.82, 2.24) is 4.72 Å². The fraction of sp³-hybridized carbons (Fsp3) is 0.143. The second-order valence-corrected chi connectivity index (χ2v) is 6.48. The molecule has 0 spiro atoms. The van der Waals surface area contributed by atoms with E-state index in [0.29, 0.717) is 11.1 Å². The van der Waals surface area contributed by atoms with E-state index in [2.05, 4.69) is 4.72 Å². The van der Waals surface area contributed by atoms with Gasteiger partial charge in [0.15, 0.2) is 0 Å². The van der Waals surface area contributed by atoms with Crippen LogP contribution in [0.15, 0.2) is 47.4 Å². The lowest BCUT2D eigenvalue weighted by Crippen LogP contribution is -2.24. The van der Waals surface area contributed by atoms with Crippen LogP contribution in [0.25, 0.3) is 0 Å². The summed E-state index contributed by atoms with van der Waals surface area (Å²) < 4.78 is 39.8. The van der Waals surface area contributed by atoms with Crippen molar-refractivity contribution >= 4 is 21.6 Å². The maximum Gasteiger partial charge on any atom is 0.241 e. The van der Waals surface area contributed by atoms with Gasteiger partial charge >= 0.3 is 0 Å². The molecular weight excluding hydrogens is 301 g/mol. The van der Waals surface area contributed by atoms with Crippen molar-refractivity contribution in [3.05, 3.63) is 64.4 Å². The minimum atomic E-state index is -3.60. The molecule has 0 saturated carbocycles. The maximum absolute atomic E-state index is 13.0. The van der Waals surface area contributed by atoms with Gasteiger partial charge in [-0.2, -0.15) is 0 Å². The van der Waals surface area contributed by atoms with Gasteiger partial charge in [0.05, 0.1) is 9.92 Å². The van der Waals surface area contributed by atoms with Crippen molar-refractivity contribution < 1.29 is 12.8 Å². The number of sulfonamides is 1. The highest BCUT2D eigenvalue weighted by molar-refractivity contribution is 7.89. The molecule has 2 aromatic carbocycles. The molecule has 1 N–H and O–H groups in total. The van der Waals surface area contributed by atoms with E-state index >= 15 is 0 Å². The fourth-order valence-electron chi connectivity index (χ4n) is 1.76. The quantitative estimate of drug-likeness (QED) is 0.941. The molecular formula is C14H13ClFNO2S.